The van der Waals surface area contributed by atoms with E-state index in [1.807, 2.05) is 85.2 Å². The normalized spacial score (nSPS) is 19.7. The number of ether oxygens (including phenoxy) is 3. The highest BCUT2D eigenvalue weighted by Crippen LogP contribution is 2.42. The summed E-state index contributed by atoms with van der Waals surface area (Å²) in [4.78, 5) is 16.6. The van der Waals surface area contributed by atoms with Crippen molar-refractivity contribution in [1.82, 2.24) is 14.9 Å². The Labute approximate surface area is 262 Å². The van der Waals surface area contributed by atoms with Crippen LogP contribution < -0.4 is 5.32 Å². The zero-order valence-electron chi connectivity index (χ0n) is 25.2. The monoisotopic (exact) mass is 603 g/mol. The van der Waals surface area contributed by atoms with Gasteiger partial charge in [0.2, 0.25) is 0 Å². The molecule has 0 radical (unpaired) electrons. The van der Waals surface area contributed by atoms with E-state index < -0.39 is 12.4 Å². The summed E-state index contributed by atoms with van der Waals surface area (Å²) in [6.45, 7) is 6.85. The van der Waals surface area contributed by atoms with Crippen molar-refractivity contribution in [3.63, 3.8) is 0 Å². The average Bonchev–Trinajstić information content (AvgIpc) is 3.50. The summed E-state index contributed by atoms with van der Waals surface area (Å²) in [7, 11) is 0. The average molecular weight is 604 g/mol. The van der Waals surface area contributed by atoms with Gasteiger partial charge in [-0.25, -0.2) is 9.78 Å². The number of nitrogens with zero attached hydrogens (tertiary/aromatic N) is 2. The summed E-state index contributed by atoms with van der Waals surface area (Å²) in [5.74, 6) is 0.0409. The number of aliphatic hydroxyl groups excluding tert-OH is 1. The highest BCUT2D eigenvalue weighted by atomic mass is 16.7. The van der Waals surface area contributed by atoms with Crippen LogP contribution in [0.3, 0.4) is 0 Å². The summed E-state index contributed by atoms with van der Waals surface area (Å²) < 4.78 is 20.6. The molecule has 0 bridgehead atoms. The van der Waals surface area contributed by atoms with Crippen LogP contribution in [0.4, 0.5) is 4.79 Å². The number of nitrogens with one attached hydrogen (secondary N) is 1. The first-order valence-electron chi connectivity index (χ1n) is 15.1. The van der Waals surface area contributed by atoms with Gasteiger partial charge in [-0.1, -0.05) is 105 Å². The molecule has 2 heterocycles. The predicted octanol–water partition coefficient (Wildman–Crippen LogP) is 7.10. The Morgan fingerprint density at radius 2 is 1.71 bits per heavy atom. The highest BCUT2D eigenvalue weighted by molar-refractivity contribution is 5.75. The van der Waals surface area contributed by atoms with Gasteiger partial charge in [0.1, 0.15) is 6.61 Å². The van der Waals surface area contributed by atoms with Gasteiger partial charge in [-0.15, -0.1) is 0 Å². The number of imidazole rings is 1. The van der Waals surface area contributed by atoms with Crippen molar-refractivity contribution in [1.29, 1.82) is 0 Å². The Morgan fingerprint density at radius 3 is 2.49 bits per heavy atom. The fourth-order valence-electron chi connectivity index (χ4n) is 5.81. The molecule has 1 aromatic heterocycles. The molecular formula is C37H37N3O5. The van der Waals surface area contributed by atoms with Crippen LogP contribution >= 0.6 is 0 Å². The number of aliphatic hydroxyl groups is 1. The first-order valence-corrected chi connectivity index (χ1v) is 15.1. The first-order chi connectivity index (χ1) is 22.0. The number of carbonyl (C=O) groups excluding carboxylic acids is 1. The third-order valence-electron chi connectivity index (χ3n) is 8.29. The summed E-state index contributed by atoms with van der Waals surface area (Å²) in [5.41, 5.74) is 7.81. The smallest absolute Gasteiger partial charge is 0.407 e. The van der Waals surface area contributed by atoms with E-state index in [0.717, 1.165) is 44.4 Å². The van der Waals surface area contributed by atoms with Gasteiger partial charge in [0.15, 0.2) is 6.29 Å². The number of amides is 1. The van der Waals surface area contributed by atoms with Gasteiger partial charge in [-0.2, -0.15) is 0 Å². The number of alkyl carbamates (subject to hydrolysis) is 1. The lowest BCUT2D eigenvalue weighted by atomic mass is 9.90. The van der Waals surface area contributed by atoms with Crippen LogP contribution in [0.15, 0.2) is 116 Å². The lowest BCUT2D eigenvalue weighted by Crippen LogP contribution is -2.39. The van der Waals surface area contributed by atoms with E-state index >= 15 is 0 Å². The Hall–Kier alpha value is -4.76. The molecular weight excluding hydrogens is 566 g/mol. The molecule has 4 unspecified atom stereocenters. The Kier molecular flexibility index (Phi) is 9.35. The van der Waals surface area contributed by atoms with Crippen LogP contribution in [-0.2, 0) is 33.9 Å². The van der Waals surface area contributed by atoms with E-state index in [2.05, 4.69) is 46.6 Å². The maximum atomic E-state index is 12.0. The highest BCUT2D eigenvalue weighted by Gasteiger charge is 2.38. The largest absolute Gasteiger partial charge is 0.445 e. The number of hydrogen-bond acceptors (Lipinski definition) is 6. The van der Waals surface area contributed by atoms with Crippen LogP contribution in [-0.4, -0.2) is 33.5 Å². The predicted molar refractivity (Wildman–Crippen MR) is 173 cm³/mol. The molecule has 6 rings (SSSR count). The summed E-state index contributed by atoms with van der Waals surface area (Å²) in [5, 5.41) is 12.4. The topological polar surface area (TPSA) is 94.8 Å². The molecule has 230 valence electrons. The summed E-state index contributed by atoms with van der Waals surface area (Å²) >= 11 is 0. The molecule has 45 heavy (non-hydrogen) atoms. The van der Waals surface area contributed by atoms with Crippen LogP contribution in [0.25, 0.3) is 22.2 Å². The molecule has 8 heteroatoms. The van der Waals surface area contributed by atoms with Crippen molar-refractivity contribution in [2.75, 3.05) is 6.61 Å². The first kappa shape index (κ1) is 30.3. The van der Waals surface area contributed by atoms with Gasteiger partial charge in [-0.3, -0.25) is 0 Å². The van der Waals surface area contributed by atoms with Crippen LogP contribution in [0.1, 0.15) is 41.6 Å². The third kappa shape index (κ3) is 6.83. The number of benzene rings is 4. The standard InChI is InChI=1S/C37H37N3O5/c1-3-20-43-37(42)38-21-30-8-4-5-9-31(30)27-16-18-29(19-17-27)36-44-34(22-40-24-39-32-10-6-7-11-33(32)40)25(2)35(45-36)28-14-12-26(23-41)13-15-28/h3-19,24-25,34-36,41H,1,20-23H2,2H3,(H,38,42). The number of carbonyl (C=O) groups is 1. The molecule has 1 saturated heterocycles. The zero-order chi connectivity index (χ0) is 31.2. The quantitative estimate of drug-likeness (QED) is 0.165. The molecule has 1 aliphatic rings. The van der Waals surface area contributed by atoms with Gasteiger partial charge in [-0.05, 0) is 39.9 Å². The molecule has 0 aliphatic carbocycles. The fourth-order valence-corrected chi connectivity index (χ4v) is 5.81. The van der Waals surface area contributed by atoms with Gasteiger partial charge < -0.3 is 29.2 Å². The van der Waals surface area contributed by atoms with Gasteiger partial charge in [0.05, 0.1) is 42.7 Å². The molecule has 4 aromatic carbocycles. The minimum atomic E-state index is -0.589. The van der Waals surface area contributed by atoms with Crippen LogP contribution in [0.5, 0.6) is 0 Å². The Bertz CT molecular complexity index is 1750. The fraction of sp³-hybridized carbons (Fsp3) is 0.243. The van der Waals surface area contributed by atoms with Crippen LogP contribution in [0, 0.1) is 5.92 Å². The maximum absolute atomic E-state index is 12.0. The van der Waals surface area contributed by atoms with Gasteiger partial charge >= 0.3 is 6.09 Å². The van der Waals surface area contributed by atoms with E-state index in [0.29, 0.717) is 13.1 Å². The van der Waals surface area contributed by atoms with E-state index in [4.69, 9.17) is 14.2 Å². The van der Waals surface area contributed by atoms with Crippen molar-refractivity contribution in [3.8, 4) is 11.1 Å². The molecule has 4 atom stereocenters. The number of aromatic nitrogens is 2. The second-order valence-corrected chi connectivity index (χ2v) is 11.2. The van der Waals surface area contributed by atoms with Gasteiger partial charge in [0.25, 0.3) is 0 Å². The Morgan fingerprint density at radius 1 is 0.978 bits per heavy atom. The third-order valence-corrected chi connectivity index (χ3v) is 8.29. The molecule has 8 nitrogen and oxygen atoms in total. The minimum Gasteiger partial charge on any atom is -0.445 e. The zero-order valence-corrected chi connectivity index (χ0v) is 25.2. The Balaban J connectivity index is 1.25. The molecule has 0 saturated carbocycles. The van der Waals surface area contributed by atoms with E-state index in [-0.39, 0.29) is 31.3 Å². The van der Waals surface area contributed by atoms with E-state index in [9.17, 15) is 9.90 Å². The van der Waals surface area contributed by atoms with Crippen molar-refractivity contribution in [2.24, 2.45) is 5.92 Å². The molecule has 1 amide bonds. The lowest BCUT2D eigenvalue weighted by molar-refractivity contribution is -0.276. The second kappa shape index (κ2) is 13.9. The van der Waals surface area contributed by atoms with Crippen molar-refractivity contribution < 1.29 is 24.1 Å². The molecule has 1 aliphatic heterocycles. The summed E-state index contributed by atoms with van der Waals surface area (Å²) in [6.07, 6.45) is 1.96. The number of hydrogen-bond donors (Lipinski definition) is 2. The molecule has 1 fully saturated rings. The lowest BCUT2D eigenvalue weighted by Gasteiger charge is -2.41. The SMILES string of the molecule is C=CCOC(=O)NCc1ccccc1-c1ccc(C2OC(Cn3cnc4ccccc43)C(C)C(c3ccc(CO)cc3)O2)cc1. The number of para-hydroxylation sites is 2. The van der Waals surface area contributed by atoms with E-state index in [1.54, 1.807) is 0 Å². The van der Waals surface area contributed by atoms with Crippen molar-refractivity contribution >= 4 is 17.1 Å². The molecule has 5 aromatic rings. The van der Waals surface area contributed by atoms with Crippen molar-refractivity contribution in [3.05, 3.63) is 138 Å². The number of fused-ring (bicyclic) bond motifs is 1. The maximum Gasteiger partial charge on any atom is 0.407 e. The second-order valence-electron chi connectivity index (χ2n) is 11.2. The minimum absolute atomic E-state index is 0.00560. The van der Waals surface area contributed by atoms with Gasteiger partial charge in [0, 0.05) is 18.0 Å². The van der Waals surface area contributed by atoms with Crippen LogP contribution in [0.2, 0.25) is 0 Å². The molecule has 2 N–H and O–H groups in total. The number of rotatable bonds is 10. The summed E-state index contributed by atoms with van der Waals surface area (Å²) in [6, 6.07) is 32.2. The van der Waals surface area contributed by atoms with E-state index in [1.165, 1.54) is 6.08 Å². The van der Waals surface area contributed by atoms with Crippen molar-refractivity contribution in [2.45, 2.75) is 45.1 Å². The molecule has 0 spiro atoms.